The highest BCUT2D eigenvalue weighted by molar-refractivity contribution is 5.77. The summed E-state index contributed by atoms with van der Waals surface area (Å²) in [5.74, 6) is 0. The number of aromatic amines is 2. The van der Waals surface area contributed by atoms with Gasteiger partial charge in [-0.15, -0.1) is 0 Å². The quantitative estimate of drug-likeness (QED) is 0.547. The second-order valence-electron chi connectivity index (χ2n) is 4.80. The molecule has 1 aliphatic rings. The topological polar surface area (TPSA) is 105 Å². The molecule has 1 fully saturated rings. The van der Waals surface area contributed by atoms with Gasteiger partial charge in [-0.1, -0.05) is 0 Å². The molecule has 0 saturated carbocycles. The number of H-pyrrole nitrogens is 2. The van der Waals surface area contributed by atoms with Crippen molar-refractivity contribution in [2.75, 3.05) is 19.7 Å². The van der Waals surface area contributed by atoms with E-state index in [-0.39, 0.29) is 12.2 Å². The highest BCUT2D eigenvalue weighted by Crippen LogP contribution is 2.24. The zero-order valence-corrected chi connectivity index (χ0v) is 9.68. The minimum absolute atomic E-state index is 0.193. The molecule has 4 N–H and O–H groups in total. The van der Waals surface area contributed by atoms with Crippen molar-refractivity contribution in [3.63, 3.8) is 0 Å². The summed E-state index contributed by atoms with van der Waals surface area (Å²) in [4.78, 5) is 23.0. The van der Waals surface area contributed by atoms with E-state index in [1.165, 1.54) is 6.33 Å². The van der Waals surface area contributed by atoms with E-state index >= 15 is 0 Å². The van der Waals surface area contributed by atoms with Gasteiger partial charge in [0.1, 0.15) is 11.1 Å². The van der Waals surface area contributed by atoms with Crippen LogP contribution >= 0.6 is 0 Å². The lowest BCUT2D eigenvalue weighted by Crippen LogP contribution is -2.63. The molecular formula is C11H14N4O3. The second-order valence-corrected chi connectivity index (χ2v) is 4.80. The third-order valence-corrected chi connectivity index (χ3v) is 3.27. The first-order valence-corrected chi connectivity index (χ1v) is 5.70. The van der Waals surface area contributed by atoms with Crippen molar-refractivity contribution >= 4 is 11.0 Å². The summed E-state index contributed by atoms with van der Waals surface area (Å²) in [5.41, 5.74) is 0.859. The van der Waals surface area contributed by atoms with Gasteiger partial charge in [-0.25, -0.2) is 4.98 Å². The molecule has 0 aliphatic carbocycles. The van der Waals surface area contributed by atoms with Crippen molar-refractivity contribution in [2.45, 2.75) is 12.1 Å². The number of aromatic nitrogens is 3. The summed E-state index contributed by atoms with van der Waals surface area (Å²) >= 11 is 0. The molecule has 1 aliphatic heterocycles. The molecule has 1 saturated heterocycles. The van der Waals surface area contributed by atoms with Crippen LogP contribution in [-0.4, -0.2) is 55.4 Å². The van der Waals surface area contributed by atoms with E-state index in [1.54, 1.807) is 6.20 Å². The highest BCUT2D eigenvalue weighted by atomic mass is 16.3. The van der Waals surface area contributed by atoms with Crippen LogP contribution in [0, 0.1) is 0 Å². The van der Waals surface area contributed by atoms with Gasteiger partial charge in [0.05, 0.1) is 18.5 Å². The summed E-state index contributed by atoms with van der Waals surface area (Å²) in [7, 11) is 0. The van der Waals surface area contributed by atoms with Crippen LogP contribution in [-0.2, 0) is 6.54 Å². The van der Waals surface area contributed by atoms with Gasteiger partial charge in [-0.05, 0) is 0 Å². The molecule has 18 heavy (non-hydrogen) atoms. The van der Waals surface area contributed by atoms with Crippen LogP contribution in [0.25, 0.3) is 11.0 Å². The van der Waals surface area contributed by atoms with Crippen molar-refractivity contribution in [1.82, 2.24) is 19.9 Å². The number of aliphatic hydroxyl groups excluding tert-OH is 1. The maximum absolute atomic E-state index is 11.5. The molecule has 3 rings (SSSR count). The molecule has 7 heteroatoms. The number of nitrogens with one attached hydrogen (secondary N) is 2. The van der Waals surface area contributed by atoms with Gasteiger partial charge < -0.3 is 20.2 Å². The summed E-state index contributed by atoms with van der Waals surface area (Å²) in [5, 5.41) is 18.7. The van der Waals surface area contributed by atoms with E-state index in [1.807, 2.05) is 4.90 Å². The molecule has 7 nitrogen and oxygen atoms in total. The van der Waals surface area contributed by atoms with Gasteiger partial charge in [0.15, 0.2) is 0 Å². The summed E-state index contributed by atoms with van der Waals surface area (Å²) in [6.45, 7) is 1.23. The van der Waals surface area contributed by atoms with Gasteiger partial charge in [-0.3, -0.25) is 9.69 Å². The van der Waals surface area contributed by atoms with Crippen LogP contribution in [0.2, 0.25) is 0 Å². The fraction of sp³-hybridized carbons (Fsp3) is 0.455. The Balaban J connectivity index is 1.81. The highest BCUT2D eigenvalue weighted by Gasteiger charge is 2.40. The Morgan fingerprint density at radius 3 is 2.94 bits per heavy atom. The molecule has 0 atom stereocenters. The van der Waals surface area contributed by atoms with Crippen molar-refractivity contribution in [1.29, 1.82) is 0 Å². The summed E-state index contributed by atoms with van der Waals surface area (Å²) < 4.78 is 0. The van der Waals surface area contributed by atoms with Gasteiger partial charge >= 0.3 is 0 Å². The number of aliphatic hydroxyl groups is 2. The van der Waals surface area contributed by atoms with E-state index in [9.17, 15) is 9.90 Å². The third kappa shape index (κ3) is 1.72. The van der Waals surface area contributed by atoms with E-state index in [0.29, 0.717) is 30.7 Å². The van der Waals surface area contributed by atoms with Gasteiger partial charge in [0, 0.05) is 31.4 Å². The molecule has 0 unspecified atom stereocenters. The van der Waals surface area contributed by atoms with Crippen LogP contribution in [0.3, 0.4) is 0 Å². The average molecular weight is 250 g/mol. The minimum Gasteiger partial charge on any atom is -0.393 e. The molecule has 0 spiro atoms. The first kappa shape index (κ1) is 11.4. The SMILES string of the molecule is O=c1[nH]cnc2c(CN3CC(O)(CO)C3)c[nH]c12. The number of β-amino-alcohol motifs (C(OH)–C–C–N with tert-alkyl or cyclic N) is 1. The first-order chi connectivity index (χ1) is 8.61. The molecule has 0 aromatic carbocycles. The van der Waals surface area contributed by atoms with Crippen LogP contribution in [0.15, 0.2) is 17.3 Å². The Kier molecular flexibility index (Phi) is 2.47. The number of fused-ring (bicyclic) bond motifs is 1. The van der Waals surface area contributed by atoms with E-state index in [4.69, 9.17) is 5.11 Å². The zero-order chi connectivity index (χ0) is 12.8. The lowest BCUT2D eigenvalue weighted by Gasteiger charge is -2.45. The largest absolute Gasteiger partial charge is 0.393 e. The van der Waals surface area contributed by atoms with E-state index in [2.05, 4.69) is 15.0 Å². The first-order valence-electron chi connectivity index (χ1n) is 5.70. The third-order valence-electron chi connectivity index (χ3n) is 3.27. The Morgan fingerprint density at radius 2 is 2.22 bits per heavy atom. The number of hydrogen-bond donors (Lipinski definition) is 4. The average Bonchev–Trinajstić information content (AvgIpc) is 2.72. The van der Waals surface area contributed by atoms with Gasteiger partial charge in [0.25, 0.3) is 5.56 Å². The summed E-state index contributed by atoms with van der Waals surface area (Å²) in [6, 6.07) is 0. The second kappa shape index (κ2) is 3.91. The lowest BCUT2D eigenvalue weighted by molar-refractivity contribution is -0.128. The van der Waals surface area contributed by atoms with Gasteiger partial charge in [0.2, 0.25) is 0 Å². The van der Waals surface area contributed by atoms with Crippen LogP contribution in [0.4, 0.5) is 0 Å². The fourth-order valence-corrected chi connectivity index (χ4v) is 2.36. The number of hydrogen-bond acceptors (Lipinski definition) is 5. The molecule has 0 bridgehead atoms. The molecule has 0 radical (unpaired) electrons. The monoisotopic (exact) mass is 250 g/mol. The predicted octanol–water partition coefficient (Wildman–Crippen LogP) is -1.21. The number of rotatable bonds is 3. The maximum atomic E-state index is 11.5. The van der Waals surface area contributed by atoms with Crippen molar-refractivity contribution in [2.24, 2.45) is 0 Å². The lowest BCUT2D eigenvalue weighted by atomic mass is 9.95. The normalized spacial score (nSPS) is 19.0. The number of likely N-dealkylation sites (tertiary alicyclic amines) is 1. The zero-order valence-electron chi connectivity index (χ0n) is 9.68. The molecule has 96 valence electrons. The Hall–Kier alpha value is -1.70. The van der Waals surface area contributed by atoms with Crippen molar-refractivity contribution < 1.29 is 10.2 Å². The Morgan fingerprint density at radius 1 is 1.44 bits per heavy atom. The molecule has 2 aromatic rings. The smallest absolute Gasteiger partial charge is 0.275 e. The van der Waals surface area contributed by atoms with Crippen LogP contribution in [0.5, 0.6) is 0 Å². The van der Waals surface area contributed by atoms with E-state index in [0.717, 1.165) is 5.56 Å². The molecule has 0 amide bonds. The Bertz CT molecular complexity index is 626. The minimum atomic E-state index is -0.975. The van der Waals surface area contributed by atoms with E-state index < -0.39 is 5.60 Å². The molecular weight excluding hydrogens is 236 g/mol. The summed E-state index contributed by atoms with van der Waals surface area (Å²) in [6.07, 6.45) is 3.13. The van der Waals surface area contributed by atoms with Crippen molar-refractivity contribution in [3.8, 4) is 0 Å². The van der Waals surface area contributed by atoms with Crippen LogP contribution in [0.1, 0.15) is 5.56 Å². The van der Waals surface area contributed by atoms with Gasteiger partial charge in [-0.2, -0.15) is 0 Å². The van der Waals surface area contributed by atoms with Crippen molar-refractivity contribution in [3.05, 3.63) is 28.4 Å². The molecule has 2 aromatic heterocycles. The predicted molar refractivity (Wildman–Crippen MR) is 64.0 cm³/mol. The standard InChI is InChI=1S/C11H14N4O3/c16-5-11(18)3-15(4-11)2-7-1-12-9-8(7)13-6-14-10(9)17/h1,6,12,16,18H,2-5H2,(H,13,14,17). The molecule has 3 heterocycles. The Labute approximate surface area is 102 Å². The fourth-order valence-electron chi connectivity index (χ4n) is 2.36. The maximum Gasteiger partial charge on any atom is 0.275 e. The number of nitrogens with zero attached hydrogens (tertiary/aromatic N) is 2. The van der Waals surface area contributed by atoms with Crippen LogP contribution < -0.4 is 5.56 Å².